The normalized spacial score (nSPS) is 26.4. The van der Waals surface area contributed by atoms with Crippen LogP contribution in [0.25, 0.3) is 20.7 Å². The van der Waals surface area contributed by atoms with Gasteiger partial charge in [-0.3, -0.25) is 28.8 Å². The molecule has 3 fully saturated rings. The van der Waals surface area contributed by atoms with E-state index in [4.69, 9.17) is 16.7 Å². The summed E-state index contributed by atoms with van der Waals surface area (Å²) < 4.78 is 2.65. The van der Waals surface area contributed by atoms with Crippen LogP contribution in [0.15, 0.2) is 78.4 Å². The molecule has 0 radical (unpaired) electrons. The van der Waals surface area contributed by atoms with Gasteiger partial charge in [-0.15, -0.1) is 11.3 Å². The number of fused-ring (bicyclic) bond motifs is 5. The van der Waals surface area contributed by atoms with Crippen LogP contribution in [0.1, 0.15) is 53.5 Å². The van der Waals surface area contributed by atoms with Crippen molar-refractivity contribution in [2.75, 3.05) is 4.90 Å². The first-order valence-corrected chi connectivity index (χ1v) is 19.5. The Morgan fingerprint density at radius 1 is 0.926 bits per heavy atom. The second kappa shape index (κ2) is 12.2. The minimum atomic E-state index is -1.22. The lowest BCUT2D eigenvalue weighted by atomic mass is 9.51. The van der Waals surface area contributed by atoms with Crippen molar-refractivity contribution in [2.45, 2.75) is 53.0 Å². The Hall–Kier alpha value is -5.06. The third kappa shape index (κ3) is 4.85. The van der Waals surface area contributed by atoms with E-state index in [0.29, 0.717) is 34.1 Å². The summed E-state index contributed by atoms with van der Waals surface area (Å²) in [7, 11) is 1.74. The third-order valence-corrected chi connectivity index (χ3v) is 14.1. The molecule has 5 aromatic rings. The number of hydrogen-bond acceptors (Lipinski definition) is 7. The van der Waals surface area contributed by atoms with Gasteiger partial charge in [0.25, 0.3) is 0 Å². The molecule has 2 saturated heterocycles. The quantitative estimate of drug-likeness (QED) is 0.144. The topological polar surface area (TPSA) is 113 Å². The number of nitrogens with zero attached hydrogens (tertiary/aromatic N) is 4. The molecule has 9 rings (SSSR count). The number of allylic oxidation sites excluding steroid dienone is 2. The van der Waals surface area contributed by atoms with E-state index in [1.807, 2.05) is 94.4 Å². The number of phenols is 1. The maximum Gasteiger partial charge on any atom is 0.242 e. The highest BCUT2D eigenvalue weighted by Crippen LogP contribution is 2.64. The van der Waals surface area contributed by atoms with Gasteiger partial charge >= 0.3 is 0 Å². The predicted octanol–water partition coefficient (Wildman–Crippen LogP) is 8.02. The van der Waals surface area contributed by atoms with Crippen LogP contribution in [0.2, 0.25) is 5.02 Å². The van der Waals surface area contributed by atoms with Gasteiger partial charge in [-0.1, -0.05) is 65.7 Å². The number of aromatic hydroxyl groups is 1. The van der Waals surface area contributed by atoms with E-state index < -0.39 is 35.0 Å². The van der Waals surface area contributed by atoms with Crippen molar-refractivity contribution < 1.29 is 24.3 Å². The Kier molecular flexibility index (Phi) is 7.86. The lowest BCUT2D eigenvalue weighted by Gasteiger charge is -2.49. The first-order valence-electron chi connectivity index (χ1n) is 18.3. The number of aromatic nitrogens is 2. The molecule has 6 unspecified atom stereocenters. The van der Waals surface area contributed by atoms with Gasteiger partial charge in [0.15, 0.2) is 0 Å². The second-order valence-corrected chi connectivity index (χ2v) is 17.1. The zero-order valence-electron chi connectivity index (χ0n) is 30.6. The summed E-state index contributed by atoms with van der Waals surface area (Å²) >= 11 is 7.91. The maximum atomic E-state index is 15.2. The lowest BCUT2D eigenvalue weighted by Crippen LogP contribution is -2.49. The van der Waals surface area contributed by atoms with Crippen molar-refractivity contribution in [1.29, 1.82) is 0 Å². The summed E-state index contributed by atoms with van der Waals surface area (Å²) in [5, 5.41) is 17.3. The highest BCUT2D eigenvalue weighted by molar-refractivity contribution is 7.22. The highest BCUT2D eigenvalue weighted by Gasteiger charge is 2.68. The molecule has 0 bridgehead atoms. The lowest BCUT2D eigenvalue weighted by molar-refractivity contribution is -0.141. The van der Waals surface area contributed by atoms with Gasteiger partial charge in [0.05, 0.1) is 34.6 Å². The van der Waals surface area contributed by atoms with Crippen molar-refractivity contribution in [2.24, 2.45) is 36.1 Å². The van der Waals surface area contributed by atoms with Gasteiger partial charge < -0.3 is 5.11 Å². The Balaban J connectivity index is 1.15. The van der Waals surface area contributed by atoms with E-state index in [2.05, 4.69) is 6.08 Å². The first kappa shape index (κ1) is 34.7. The molecule has 274 valence electrons. The molecule has 9 nitrogen and oxygen atoms in total. The molecule has 0 spiro atoms. The fourth-order valence-corrected chi connectivity index (χ4v) is 11.3. The molecule has 2 aliphatic heterocycles. The summed E-state index contributed by atoms with van der Waals surface area (Å²) in [6.45, 7) is 7.74. The summed E-state index contributed by atoms with van der Waals surface area (Å²) in [4.78, 5) is 62.0. The monoisotopic (exact) mass is 758 g/mol. The van der Waals surface area contributed by atoms with Crippen molar-refractivity contribution >= 4 is 62.5 Å². The number of thiophene rings is 1. The molecule has 4 heterocycles. The Morgan fingerprint density at radius 3 is 2.37 bits per heavy atom. The van der Waals surface area contributed by atoms with Crippen LogP contribution in [0.5, 0.6) is 5.75 Å². The number of halogens is 1. The predicted molar refractivity (Wildman–Crippen MR) is 208 cm³/mol. The standard InChI is InChI=1S/C43H39ClN4O5S/c1-21-15-25(16-22(2)37(21)49)36-27-12-13-28-35(41(52)47(39(28)50)20-24-9-7-6-8-10-24)30(27)18-31-40(51)48(42(53)43(31,36)4)34-19-32(45-46(34)5)38-23(3)29-17-26(44)11-14-33(29)54-38/h6-12,14-17,19,28,30-31,35-36,49H,13,18,20H2,1-5H3. The number of imide groups is 2. The minimum Gasteiger partial charge on any atom is -0.507 e. The number of rotatable bonds is 5. The molecule has 4 amide bonds. The zero-order valence-corrected chi connectivity index (χ0v) is 32.2. The molecule has 11 heteroatoms. The smallest absolute Gasteiger partial charge is 0.242 e. The van der Waals surface area contributed by atoms with Gasteiger partial charge in [0, 0.05) is 28.8 Å². The number of hydrogen-bond donors (Lipinski definition) is 1. The van der Waals surface area contributed by atoms with Gasteiger partial charge in [0.2, 0.25) is 23.6 Å². The summed E-state index contributed by atoms with van der Waals surface area (Å²) in [5.41, 5.74) is 4.35. The van der Waals surface area contributed by atoms with Crippen molar-refractivity contribution in [3.63, 3.8) is 0 Å². The van der Waals surface area contributed by atoms with Crippen LogP contribution in [-0.2, 0) is 32.8 Å². The summed E-state index contributed by atoms with van der Waals surface area (Å²) in [6, 6.07) is 20.9. The molecule has 2 aromatic heterocycles. The number of carbonyl (C=O) groups is 4. The van der Waals surface area contributed by atoms with Crippen molar-refractivity contribution in [3.05, 3.63) is 111 Å². The summed E-state index contributed by atoms with van der Waals surface area (Å²) in [6.07, 6.45) is 2.69. The molecule has 6 atom stereocenters. The maximum absolute atomic E-state index is 15.2. The molecule has 54 heavy (non-hydrogen) atoms. The molecular formula is C43H39ClN4O5S. The number of carbonyl (C=O) groups excluding carboxylic acids is 4. The highest BCUT2D eigenvalue weighted by atomic mass is 35.5. The van der Waals surface area contributed by atoms with Crippen LogP contribution in [-0.4, -0.2) is 43.4 Å². The number of benzene rings is 3. The molecule has 2 aliphatic carbocycles. The second-order valence-electron chi connectivity index (χ2n) is 15.6. The van der Waals surface area contributed by atoms with Crippen LogP contribution in [0.4, 0.5) is 5.82 Å². The molecule has 3 aromatic carbocycles. The molecule has 4 aliphatic rings. The number of aryl methyl sites for hydroxylation is 4. The Labute approximate surface area is 321 Å². The van der Waals surface area contributed by atoms with Crippen LogP contribution in [0, 0.1) is 49.9 Å². The van der Waals surface area contributed by atoms with Crippen molar-refractivity contribution in [3.8, 4) is 16.3 Å². The summed E-state index contributed by atoms with van der Waals surface area (Å²) in [5.74, 6) is -3.49. The van der Waals surface area contributed by atoms with E-state index in [-0.39, 0.29) is 42.3 Å². The van der Waals surface area contributed by atoms with Crippen LogP contribution < -0.4 is 4.90 Å². The minimum absolute atomic E-state index is 0.176. The van der Waals surface area contributed by atoms with Gasteiger partial charge in [-0.25, -0.2) is 4.90 Å². The fourth-order valence-electron chi connectivity index (χ4n) is 9.97. The van der Waals surface area contributed by atoms with Gasteiger partial charge in [-0.05, 0) is 97.9 Å². The van der Waals surface area contributed by atoms with Gasteiger partial charge in [-0.2, -0.15) is 5.10 Å². The number of amides is 4. The van der Waals surface area contributed by atoms with Crippen LogP contribution in [0.3, 0.4) is 0 Å². The number of phenolic OH excluding ortho intramolecular Hbond substituents is 1. The van der Waals surface area contributed by atoms with Crippen molar-refractivity contribution in [1.82, 2.24) is 14.7 Å². The first-order chi connectivity index (χ1) is 25.8. The third-order valence-electron chi connectivity index (χ3n) is 12.6. The number of anilines is 1. The van der Waals surface area contributed by atoms with E-state index >= 15 is 4.79 Å². The zero-order chi connectivity index (χ0) is 38.0. The van der Waals surface area contributed by atoms with E-state index in [0.717, 1.165) is 37.2 Å². The molecule has 1 N–H and O–H groups in total. The van der Waals surface area contributed by atoms with E-state index in [9.17, 15) is 19.5 Å². The number of likely N-dealkylation sites (tertiary alicyclic amines) is 1. The SMILES string of the molecule is Cc1cc(C2C3=CCC4C(=O)N(Cc5ccccc5)C(=O)C4C3CC3C(=O)N(c4cc(-c5sc6ccc(Cl)cc6c5C)nn4C)C(=O)C32C)cc(C)c1O. The average Bonchev–Trinajstić information content (AvgIpc) is 3.81. The average molecular weight is 759 g/mol. The molecule has 1 saturated carbocycles. The Bertz CT molecular complexity index is 2480. The van der Waals surface area contributed by atoms with E-state index in [1.54, 1.807) is 23.1 Å². The molecular weight excluding hydrogens is 720 g/mol. The largest absolute Gasteiger partial charge is 0.507 e. The fraction of sp³-hybridized carbons (Fsp3) is 0.326. The van der Waals surface area contributed by atoms with Crippen LogP contribution >= 0.6 is 22.9 Å². The Morgan fingerprint density at radius 2 is 1.65 bits per heavy atom. The van der Waals surface area contributed by atoms with E-state index in [1.165, 1.54) is 9.80 Å². The van der Waals surface area contributed by atoms with Gasteiger partial charge in [0.1, 0.15) is 17.3 Å².